The summed E-state index contributed by atoms with van der Waals surface area (Å²) in [7, 11) is -3.96. The lowest BCUT2D eigenvalue weighted by Crippen LogP contribution is -2.35. The quantitative estimate of drug-likeness (QED) is 0.822. The molecule has 1 rings (SSSR count). The molecule has 0 bridgehead atoms. The number of nitrogens with zero attached hydrogens (tertiary/aromatic N) is 1. The number of terminal acetylenes is 1. The number of hydrogen-bond donors (Lipinski definition) is 1. The summed E-state index contributed by atoms with van der Waals surface area (Å²) in [5.41, 5.74) is 0. The minimum Gasteiger partial charge on any atom is -0.480 e. The maximum Gasteiger partial charge on any atom is 0.318 e. The van der Waals surface area contributed by atoms with Gasteiger partial charge in [-0.05, 0) is 18.2 Å². The first kappa shape index (κ1) is 14.5. The van der Waals surface area contributed by atoms with E-state index in [2.05, 4.69) is 5.92 Å². The van der Waals surface area contributed by atoms with Crippen molar-refractivity contribution in [3.05, 3.63) is 29.3 Å². The number of aliphatic carboxylic acids is 1. The number of hydrogen-bond acceptors (Lipinski definition) is 3. The van der Waals surface area contributed by atoms with Crippen molar-refractivity contribution in [2.45, 2.75) is 4.90 Å². The van der Waals surface area contributed by atoms with Crippen LogP contribution in [0.25, 0.3) is 0 Å². The minimum atomic E-state index is -3.96. The van der Waals surface area contributed by atoms with Gasteiger partial charge >= 0.3 is 5.97 Å². The minimum absolute atomic E-state index is 0.0912. The molecular weight excluding hydrogens is 278 g/mol. The summed E-state index contributed by atoms with van der Waals surface area (Å²) in [6, 6.07) is 5.54. The summed E-state index contributed by atoms with van der Waals surface area (Å²) >= 11 is 5.70. The third-order valence-corrected chi connectivity index (χ3v) is 4.04. The van der Waals surface area contributed by atoms with Gasteiger partial charge in [0.1, 0.15) is 6.54 Å². The van der Waals surface area contributed by atoms with E-state index in [1.54, 1.807) is 0 Å². The first-order chi connectivity index (χ1) is 8.37. The van der Waals surface area contributed by atoms with E-state index in [0.717, 1.165) is 0 Å². The zero-order valence-electron chi connectivity index (χ0n) is 9.21. The molecule has 0 saturated heterocycles. The molecule has 18 heavy (non-hydrogen) atoms. The van der Waals surface area contributed by atoms with Crippen LogP contribution in [-0.4, -0.2) is 36.9 Å². The molecule has 0 saturated carbocycles. The highest BCUT2D eigenvalue weighted by Crippen LogP contribution is 2.19. The number of rotatable bonds is 5. The lowest BCUT2D eigenvalue weighted by molar-refractivity contribution is -0.137. The molecule has 0 radical (unpaired) electrons. The number of sulfonamides is 1. The van der Waals surface area contributed by atoms with Gasteiger partial charge in [0.25, 0.3) is 0 Å². The second kappa shape index (κ2) is 5.87. The van der Waals surface area contributed by atoms with E-state index in [4.69, 9.17) is 23.1 Å². The Morgan fingerprint density at radius 1 is 1.50 bits per heavy atom. The van der Waals surface area contributed by atoms with Crippen LogP contribution in [0.4, 0.5) is 0 Å². The molecule has 0 aliphatic heterocycles. The number of benzene rings is 1. The second-order valence-corrected chi connectivity index (χ2v) is 5.70. The van der Waals surface area contributed by atoms with E-state index in [0.29, 0.717) is 4.31 Å². The lowest BCUT2D eigenvalue weighted by atomic mass is 10.4. The van der Waals surface area contributed by atoms with Crippen LogP contribution in [-0.2, 0) is 14.8 Å². The topological polar surface area (TPSA) is 74.7 Å². The number of halogens is 1. The largest absolute Gasteiger partial charge is 0.480 e. The zero-order valence-corrected chi connectivity index (χ0v) is 10.8. The van der Waals surface area contributed by atoms with Crippen molar-refractivity contribution in [2.24, 2.45) is 0 Å². The number of carbonyl (C=O) groups is 1. The van der Waals surface area contributed by atoms with Crippen molar-refractivity contribution in [3.8, 4) is 12.3 Å². The van der Waals surface area contributed by atoms with E-state index < -0.39 is 22.5 Å². The summed E-state index contributed by atoms with van der Waals surface area (Å²) in [5.74, 6) is 0.832. The fourth-order valence-electron chi connectivity index (χ4n) is 1.26. The Kier molecular flexibility index (Phi) is 4.73. The molecule has 1 N–H and O–H groups in total. The van der Waals surface area contributed by atoms with Gasteiger partial charge in [-0.3, -0.25) is 4.79 Å². The van der Waals surface area contributed by atoms with Crippen molar-refractivity contribution in [1.29, 1.82) is 0 Å². The van der Waals surface area contributed by atoms with Crippen LogP contribution < -0.4 is 0 Å². The van der Waals surface area contributed by atoms with Crippen molar-refractivity contribution in [3.63, 3.8) is 0 Å². The molecule has 0 unspecified atom stereocenters. The molecule has 0 spiro atoms. The summed E-state index contributed by atoms with van der Waals surface area (Å²) in [6.07, 6.45) is 5.03. The van der Waals surface area contributed by atoms with Gasteiger partial charge in [0.05, 0.1) is 11.4 Å². The molecule has 0 fully saturated rings. The highest BCUT2D eigenvalue weighted by atomic mass is 35.5. The SMILES string of the molecule is C#CCN(CC(=O)O)S(=O)(=O)c1cccc(Cl)c1. The van der Waals surface area contributed by atoms with Gasteiger partial charge in [0.2, 0.25) is 10.0 Å². The maximum atomic E-state index is 12.1. The molecule has 96 valence electrons. The van der Waals surface area contributed by atoms with Crippen LogP contribution in [0.15, 0.2) is 29.2 Å². The fraction of sp³-hybridized carbons (Fsp3) is 0.182. The summed E-state index contributed by atoms with van der Waals surface area (Å²) in [4.78, 5) is 10.5. The van der Waals surface area contributed by atoms with E-state index in [9.17, 15) is 13.2 Å². The maximum absolute atomic E-state index is 12.1. The molecular formula is C11H10ClNO4S. The van der Waals surface area contributed by atoms with Gasteiger partial charge < -0.3 is 5.11 Å². The second-order valence-electron chi connectivity index (χ2n) is 3.33. The van der Waals surface area contributed by atoms with Crippen LogP contribution in [0.3, 0.4) is 0 Å². The van der Waals surface area contributed by atoms with E-state index in [-0.39, 0.29) is 16.5 Å². The summed E-state index contributed by atoms with van der Waals surface area (Å²) in [6.45, 7) is -1.01. The molecule has 5 nitrogen and oxygen atoms in total. The Morgan fingerprint density at radius 2 is 2.17 bits per heavy atom. The molecule has 0 amide bonds. The van der Waals surface area contributed by atoms with Gasteiger partial charge in [-0.15, -0.1) is 6.42 Å². The van der Waals surface area contributed by atoms with Crippen molar-refractivity contribution >= 4 is 27.6 Å². The van der Waals surface area contributed by atoms with E-state index >= 15 is 0 Å². The highest BCUT2D eigenvalue weighted by Gasteiger charge is 2.25. The molecule has 0 aromatic heterocycles. The van der Waals surface area contributed by atoms with Crippen LogP contribution in [0.2, 0.25) is 5.02 Å². The van der Waals surface area contributed by atoms with Crippen LogP contribution in [0.5, 0.6) is 0 Å². The third-order valence-electron chi connectivity index (χ3n) is 2.01. The predicted octanol–water partition coefficient (Wildman–Crippen LogP) is 1.05. The standard InChI is InChI=1S/C11H10ClNO4S/c1-2-6-13(8-11(14)15)18(16,17)10-5-3-4-9(12)7-10/h1,3-5,7H,6,8H2,(H,14,15). The monoisotopic (exact) mass is 287 g/mol. The van der Waals surface area contributed by atoms with Crippen molar-refractivity contribution in [1.82, 2.24) is 4.31 Å². The van der Waals surface area contributed by atoms with Crippen molar-refractivity contribution < 1.29 is 18.3 Å². The summed E-state index contributed by atoms with van der Waals surface area (Å²) < 4.78 is 24.9. The van der Waals surface area contributed by atoms with Gasteiger partial charge in [-0.25, -0.2) is 8.42 Å². The molecule has 0 heterocycles. The fourth-order valence-corrected chi connectivity index (χ4v) is 2.86. The van der Waals surface area contributed by atoms with Crippen LogP contribution in [0.1, 0.15) is 0 Å². The Balaban J connectivity index is 3.17. The molecule has 7 heteroatoms. The third kappa shape index (κ3) is 3.47. The van der Waals surface area contributed by atoms with Gasteiger partial charge in [0.15, 0.2) is 0 Å². The Labute approximate surface area is 110 Å². The first-order valence-corrected chi connectivity index (χ1v) is 6.60. The number of carboxylic acids is 1. The van der Waals surface area contributed by atoms with Crippen LogP contribution >= 0.6 is 11.6 Å². The van der Waals surface area contributed by atoms with Gasteiger partial charge in [0, 0.05) is 5.02 Å². The molecule has 0 atom stereocenters. The number of carboxylic acid groups (broad SMARTS) is 1. The molecule has 0 aliphatic carbocycles. The highest BCUT2D eigenvalue weighted by molar-refractivity contribution is 7.89. The van der Waals surface area contributed by atoms with Gasteiger partial charge in [-0.1, -0.05) is 23.6 Å². The Bertz CT molecular complexity index is 591. The molecule has 1 aromatic carbocycles. The zero-order chi connectivity index (χ0) is 13.8. The Hall–Kier alpha value is -1.55. The van der Waals surface area contributed by atoms with E-state index in [1.165, 1.54) is 24.3 Å². The Morgan fingerprint density at radius 3 is 2.67 bits per heavy atom. The van der Waals surface area contributed by atoms with Crippen LogP contribution in [0, 0.1) is 12.3 Å². The predicted molar refractivity (Wildman–Crippen MR) is 66.7 cm³/mol. The molecule has 1 aromatic rings. The van der Waals surface area contributed by atoms with Crippen molar-refractivity contribution in [2.75, 3.05) is 13.1 Å². The molecule has 0 aliphatic rings. The average molecular weight is 288 g/mol. The lowest BCUT2D eigenvalue weighted by Gasteiger charge is -2.17. The van der Waals surface area contributed by atoms with E-state index in [1.807, 2.05) is 0 Å². The first-order valence-electron chi connectivity index (χ1n) is 4.79. The summed E-state index contributed by atoms with van der Waals surface area (Å²) in [5, 5.41) is 8.92. The van der Waals surface area contributed by atoms with Gasteiger partial charge in [-0.2, -0.15) is 4.31 Å². The smallest absolute Gasteiger partial charge is 0.318 e. The average Bonchev–Trinajstić information content (AvgIpc) is 2.28. The normalized spacial score (nSPS) is 11.2.